The summed E-state index contributed by atoms with van der Waals surface area (Å²) in [6, 6.07) is 12.4. The Kier molecular flexibility index (Phi) is 6.99. The number of nitrogens with zero attached hydrogens (tertiary/aromatic N) is 1. The average Bonchev–Trinajstić information content (AvgIpc) is 2.58. The van der Waals surface area contributed by atoms with Gasteiger partial charge in [0.25, 0.3) is 0 Å². The third-order valence-corrected chi connectivity index (χ3v) is 5.28. The number of rotatable bonds is 8. The molecule has 2 aromatic carbocycles. The molecule has 0 heterocycles. The Morgan fingerprint density at radius 1 is 1.15 bits per heavy atom. The van der Waals surface area contributed by atoms with Crippen LogP contribution >= 0.6 is 11.6 Å². The summed E-state index contributed by atoms with van der Waals surface area (Å²) in [7, 11) is -3.53. The van der Waals surface area contributed by atoms with Crippen LogP contribution in [-0.4, -0.2) is 27.1 Å². The van der Waals surface area contributed by atoms with Crippen LogP contribution in [0.1, 0.15) is 18.4 Å². The third-order valence-electron chi connectivity index (χ3n) is 3.71. The van der Waals surface area contributed by atoms with Gasteiger partial charge in [-0.2, -0.15) is 0 Å². The molecule has 26 heavy (non-hydrogen) atoms. The molecule has 0 unspecified atom stereocenters. The maximum Gasteiger partial charge on any atom is 0.232 e. The number of carbonyl (C=O) groups excluding carboxylic acids is 1. The van der Waals surface area contributed by atoms with E-state index in [0.29, 0.717) is 23.7 Å². The van der Waals surface area contributed by atoms with Crippen molar-refractivity contribution < 1.29 is 17.6 Å². The van der Waals surface area contributed by atoms with Gasteiger partial charge in [-0.25, -0.2) is 12.8 Å². The fourth-order valence-corrected chi connectivity index (χ4v) is 3.57. The molecule has 8 heteroatoms. The lowest BCUT2D eigenvalue weighted by atomic mass is 10.2. The zero-order valence-corrected chi connectivity index (χ0v) is 15.9. The molecule has 0 saturated heterocycles. The van der Waals surface area contributed by atoms with Gasteiger partial charge in [-0.3, -0.25) is 9.10 Å². The van der Waals surface area contributed by atoms with Gasteiger partial charge in [0.1, 0.15) is 5.82 Å². The van der Waals surface area contributed by atoms with Crippen molar-refractivity contribution in [3.05, 3.63) is 64.9 Å². The van der Waals surface area contributed by atoms with Gasteiger partial charge < -0.3 is 5.32 Å². The van der Waals surface area contributed by atoms with E-state index in [1.54, 1.807) is 6.07 Å². The minimum atomic E-state index is -3.53. The molecule has 2 aromatic rings. The molecule has 0 aliphatic rings. The van der Waals surface area contributed by atoms with Gasteiger partial charge in [-0.15, -0.1) is 0 Å². The summed E-state index contributed by atoms with van der Waals surface area (Å²) in [5.41, 5.74) is 1.18. The van der Waals surface area contributed by atoms with Gasteiger partial charge in [0.2, 0.25) is 15.9 Å². The van der Waals surface area contributed by atoms with E-state index in [1.807, 2.05) is 18.2 Å². The Balaban J connectivity index is 1.88. The lowest BCUT2D eigenvalue weighted by molar-refractivity contribution is -0.121. The number of hydrogen-bond acceptors (Lipinski definition) is 3. The first-order valence-corrected chi connectivity index (χ1v) is 10.2. The van der Waals surface area contributed by atoms with Crippen LogP contribution < -0.4 is 9.62 Å². The summed E-state index contributed by atoms with van der Waals surface area (Å²) in [4.78, 5) is 12.0. The SMILES string of the molecule is CS(=O)(=O)N(CCCC(=O)NCc1ccccc1Cl)c1ccc(F)cc1. The lowest BCUT2D eigenvalue weighted by Crippen LogP contribution is -2.32. The Morgan fingerprint density at radius 2 is 1.81 bits per heavy atom. The fourth-order valence-electron chi connectivity index (χ4n) is 2.40. The van der Waals surface area contributed by atoms with Crippen molar-refractivity contribution in [2.45, 2.75) is 19.4 Å². The number of amides is 1. The molecular formula is C18H20ClFN2O3S. The third kappa shape index (κ3) is 6.00. The predicted molar refractivity (Wildman–Crippen MR) is 101 cm³/mol. The van der Waals surface area contributed by atoms with E-state index in [-0.39, 0.29) is 18.9 Å². The molecule has 2 rings (SSSR count). The predicted octanol–water partition coefficient (Wildman–Crippen LogP) is 3.34. The second-order valence-electron chi connectivity index (χ2n) is 5.78. The zero-order chi connectivity index (χ0) is 19.2. The van der Waals surface area contributed by atoms with Crippen LogP contribution in [-0.2, 0) is 21.4 Å². The quantitative estimate of drug-likeness (QED) is 0.741. The summed E-state index contributed by atoms with van der Waals surface area (Å²) in [6.45, 7) is 0.441. The topological polar surface area (TPSA) is 66.5 Å². The van der Waals surface area contributed by atoms with Crippen LogP contribution in [0.15, 0.2) is 48.5 Å². The van der Waals surface area contributed by atoms with Crippen molar-refractivity contribution in [2.24, 2.45) is 0 Å². The number of anilines is 1. The van der Waals surface area contributed by atoms with E-state index in [0.717, 1.165) is 16.1 Å². The van der Waals surface area contributed by atoms with Crippen LogP contribution in [0.2, 0.25) is 5.02 Å². The highest BCUT2D eigenvalue weighted by molar-refractivity contribution is 7.92. The molecular weight excluding hydrogens is 379 g/mol. The van der Waals surface area contributed by atoms with E-state index >= 15 is 0 Å². The van der Waals surface area contributed by atoms with Gasteiger partial charge in [-0.05, 0) is 42.3 Å². The van der Waals surface area contributed by atoms with Crippen molar-refractivity contribution >= 4 is 33.2 Å². The molecule has 140 valence electrons. The average molecular weight is 399 g/mol. The minimum Gasteiger partial charge on any atom is -0.352 e. The van der Waals surface area contributed by atoms with Gasteiger partial charge >= 0.3 is 0 Å². The molecule has 0 aliphatic carbocycles. The van der Waals surface area contributed by atoms with Crippen molar-refractivity contribution in [3.8, 4) is 0 Å². The second kappa shape index (κ2) is 9.00. The molecule has 0 spiro atoms. The first-order chi connectivity index (χ1) is 12.3. The summed E-state index contributed by atoms with van der Waals surface area (Å²) in [5.74, 6) is -0.640. The first kappa shape index (κ1) is 20.2. The highest BCUT2D eigenvalue weighted by Crippen LogP contribution is 2.19. The van der Waals surface area contributed by atoms with Crippen molar-refractivity contribution in [1.82, 2.24) is 5.32 Å². The summed E-state index contributed by atoms with van der Waals surface area (Å²) in [5, 5.41) is 3.33. The van der Waals surface area contributed by atoms with E-state index in [1.165, 1.54) is 24.3 Å². The van der Waals surface area contributed by atoms with Crippen LogP contribution in [0.25, 0.3) is 0 Å². The molecule has 0 aromatic heterocycles. The number of carbonyl (C=O) groups is 1. The Bertz CT molecular complexity index is 857. The molecule has 1 amide bonds. The monoisotopic (exact) mass is 398 g/mol. The smallest absolute Gasteiger partial charge is 0.232 e. The molecule has 0 saturated carbocycles. The molecule has 0 atom stereocenters. The lowest BCUT2D eigenvalue weighted by Gasteiger charge is -2.22. The maximum absolute atomic E-state index is 13.0. The van der Waals surface area contributed by atoms with Crippen molar-refractivity contribution in [1.29, 1.82) is 0 Å². The second-order valence-corrected chi connectivity index (χ2v) is 8.10. The standard InChI is InChI=1S/C18H20ClFN2O3S/c1-26(24,25)22(16-10-8-15(20)9-11-16)12-4-7-18(23)21-13-14-5-2-3-6-17(14)19/h2-3,5-6,8-11H,4,7,12-13H2,1H3,(H,21,23). The molecule has 0 radical (unpaired) electrons. The molecule has 0 fully saturated rings. The molecule has 5 nitrogen and oxygen atoms in total. The van der Waals surface area contributed by atoms with E-state index in [4.69, 9.17) is 11.6 Å². The number of hydrogen-bond donors (Lipinski definition) is 1. The number of nitrogens with one attached hydrogen (secondary N) is 1. The highest BCUT2D eigenvalue weighted by atomic mass is 35.5. The van der Waals surface area contributed by atoms with E-state index < -0.39 is 15.8 Å². The van der Waals surface area contributed by atoms with Gasteiger partial charge in [-0.1, -0.05) is 29.8 Å². The van der Waals surface area contributed by atoms with Crippen molar-refractivity contribution in [3.63, 3.8) is 0 Å². The van der Waals surface area contributed by atoms with Gasteiger partial charge in [0.15, 0.2) is 0 Å². The largest absolute Gasteiger partial charge is 0.352 e. The van der Waals surface area contributed by atoms with E-state index in [2.05, 4.69) is 5.32 Å². The molecule has 0 aliphatic heterocycles. The zero-order valence-electron chi connectivity index (χ0n) is 14.3. The van der Waals surface area contributed by atoms with Crippen LogP contribution in [0.5, 0.6) is 0 Å². The fraction of sp³-hybridized carbons (Fsp3) is 0.278. The normalized spacial score (nSPS) is 11.2. The van der Waals surface area contributed by atoms with Crippen molar-refractivity contribution in [2.75, 3.05) is 17.1 Å². The van der Waals surface area contributed by atoms with Gasteiger partial charge in [0.05, 0.1) is 11.9 Å². The minimum absolute atomic E-state index is 0.129. The van der Waals surface area contributed by atoms with Crippen LogP contribution in [0.4, 0.5) is 10.1 Å². The Morgan fingerprint density at radius 3 is 2.42 bits per heavy atom. The van der Waals surface area contributed by atoms with Gasteiger partial charge in [0, 0.05) is 24.5 Å². The first-order valence-electron chi connectivity index (χ1n) is 8.01. The molecule has 1 N–H and O–H groups in total. The number of halogens is 2. The number of sulfonamides is 1. The summed E-state index contributed by atoms with van der Waals surface area (Å²) < 4.78 is 38.1. The van der Waals surface area contributed by atoms with Crippen LogP contribution in [0.3, 0.4) is 0 Å². The summed E-state index contributed by atoms with van der Waals surface area (Å²) in [6.07, 6.45) is 1.57. The number of benzene rings is 2. The Hall–Kier alpha value is -2.12. The van der Waals surface area contributed by atoms with E-state index in [9.17, 15) is 17.6 Å². The van der Waals surface area contributed by atoms with Crippen LogP contribution in [0, 0.1) is 5.82 Å². The molecule has 0 bridgehead atoms. The summed E-state index contributed by atoms with van der Waals surface area (Å²) >= 11 is 6.03. The maximum atomic E-state index is 13.0. The highest BCUT2D eigenvalue weighted by Gasteiger charge is 2.17. The Labute approximate surface area is 157 Å².